The van der Waals surface area contributed by atoms with Crippen molar-refractivity contribution in [1.82, 2.24) is 9.97 Å². The average Bonchev–Trinajstić information content (AvgIpc) is 2.38. The van der Waals surface area contributed by atoms with Crippen molar-refractivity contribution < 1.29 is 18.0 Å². The van der Waals surface area contributed by atoms with Gasteiger partial charge in [-0.2, -0.15) is 13.2 Å². The third-order valence-electron chi connectivity index (χ3n) is 2.38. The van der Waals surface area contributed by atoms with E-state index in [2.05, 4.69) is 9.97 Å². The molecule has 1 amide bonds. The smallest absolute Gasteiger partial charge is 0.363 e. The number of rotatable bonds is 2. The molecule has 0 saturated heterocycles. The second-order valence-corrected chi connectivity index (χ2v) is 3.70. The highest BCUT2D eigenvalue weighted by Gasteiger charge is 2.30. The van der Waals surface area contributed by atoms with Crippen molar-refractivity contribution in [2.45, 2.75) is 6.18 Å². The van der Waals surface area contributed by atoms with Gasteiger partial charge in [-0.15, -0.1) is 0 Å². The first-order valence-electron chi connectivity index (χ1n) is 5.18. The van der Waals surface area contributed by atoms with E-state index in [1.807, 2.05) is 0 Å². The molecule has 0 saturated carbocycles. The van der Waals surface area contributed by atoms with E-state index < -0.39 is 17.6 Å². The van der Waals surface area contributed by atoms with Crippen LogP contribution in [0.15, 0.2) is 36.5 Å². The predicted octanol–water partition coefficient (Wildman–Crippen LogP) is 2.26. The molecule has 1 aromatic carbocycles. The van der Waals surface area contributed by atoms with E-state index in [-0.39, 0.29) is 5.82 Å². The summed E-state index contributed by atoms with van der Waals surface area (Å²) in [5.74, 6) is -0.980. The summed E-state index contributed by atoms with van der Waals surface area (Å²) in [6, 6.07) is 5.92. The zero-order valence-electron chi connectivity index (χ0n) is 9.48. The van der Waals surface area contributed by atoms with Crippen molar-refractivity contribution in [2.75, 3.05) is 0 Å². The number of benzene rings is 1. The van der Waals surface area contributed by atoms with Gasteiger partial charge in [0.05, 0.1) is 11.3 Å². The number of hydrogen-bond donors (Lipinski definition) is 1. The van der Waals surface area contributed by atoms with Gasteiger partial charge in [-0.25, -0.2) is 9.97 Å². The van der Waals surface area contributed by atoms with Crippen LogP contribution in [-0.2, 0) is 6.18 Å². The van der Waals surface area contributed by atoms with Gasteiger partial charge < -0.3 is 5.73 Å². The highest BCUT2D eigenvalue weighted by molar-refractivity contribution is 5.89. The van der Waals surface area contributed by atoms with Crippen LogP contribution in [0.4, 0.5) is 13.2 Å². The lowest BCUT2D eigenvalue weighted by Crippen LogP contribution is -2.15. The van der Waals surface area contributed by atoms with E-state index in [4.69, 9.17) is 5.73 Å². The van der Waals surface area contributed by atoms with E-state index in [9.17, 15) is 18.0 Å². The van der Waals surface area contributed by atoms with Gasteiger partial charge in [0.2, 0.25) is 5.82 Å². The van der Waals surface area contributed by atoms with Crippen LogP contribution in [0.1, 0.15) is 16.2 Å². The molecule has 1 aromatic heterocycles. The summed E-state index contributed by atoms with van der Waals surface area (Å²) >= 11 is 0. The third kappa shape index (κ3) is 2.87. The molecule has 0 spiro atoms. The summed E-state index contributed by atoms with van der Waals surface area (Å²) in [6.07, 6.45) is -3.07. The molecule has 4 nitrogen and oxygen atoms in total. The lowest BCUT2D eigenvalue weighted by Gasteiger charge is -2.07. The monoisotopic (exact) mass is 267 g/mol. The van der Waals surface area contributed by atoms with E-state index in [0.29, 0.717) is 11.3 Å². The van der Waals surface area contributed by atoms with Gasteiger partial charge in [0.1, 0.15) is 0 Å². The molecule has 19 heavy (non-hydrogen) atoms. The predicted molar refractivity (Wildman–Crippen MR) is 61.0 cm³/mol. The zero-order valence-corrected chi connectivity index (χ0v) is 9.48. The molecule has 0 unspecified atom stereocenters. The number of halogens is 3. The van der Waals surface area contributed by atoms with E-state index in [1.165, 1.54) is 24.4 Å². The maximum absolute atomic E-state index is 12.4. The van der Waals surface area contributed by atoms with Gasteiger partial charge in [-0.3, -0.25) is 4.79 Å². The summed E-state index contributed by atoms with van der Waals surface area (Å²) in [5.41, 5.74) is 5.05. The van der Waals surface area contributed by atoms with E-state index >= 15 is 0 Å². The van der Waals surface area contributed by atoms with Crippen LogP contribution in [0.25, 0.3) is 11.3 Å². The number of alkyl halides is 3. The Morgan fingerprint density at radius 3 is 2.26 bits per heavy atom. The maximum atomic E-state index is 12.4. The van der Waals surface area contributed by atoms with Gasteiger partial charge in [-0.05, 0) is 18.2 Å². The van der Waals surface area contributed by atoms with Crippen LogP contribution in [0.3, 0.4) is 0 Å². The highest BCUT2D eigenvalue weighted by atomic mass is 19.4. The van der Waals surface area contributed by atoms with Gasteiger partial charge in [0.25, 0.3) is 5.91 Å². The SMILES string of the molecule is NC(=O)c1nccc(-c2ccc(C(F)(F)F)cc2)n1. The maximum Gasteiger partial charge on any atom is 0.416 e. The molecule has 7 heteroatoms. The number of nitrogens with two attached hydrogens (primary N) is 1. The van der Waals surface area contributed by atoms with Crippen LogP contribution in [0.5, 0.6) is 0 Å². The standard InChI is InChI=1S/C12H8F3N3O/c13-12(14,15)8-3-1-7(2-4-8)9-5-6-17-11(18-9)10(16)19/h1-6H,(H2,16,19). The van der Waals surface area contributed by atoms with Gasteiger partial charge in [0.15, 0.2) is 0 Å². The van der Waals surface area contributed by atoms with Crippen molar-refractivity contribution in [3.8, 4) is 11.3 Å². The first-order chi connectivity index (χ1) is 8.88. The van der Waals surface area contributed by atoms with Crippen LogP contribution in [-0.4, -0.2) is 15.9 Å². The Kier molecular flexibility index (Phi) is 3.20. The van der Waals surface area contributed by atoms with Crippen molar-refractivity contribution in [3.63, 3.8) is 0 Å². The Morgan fingerprint density at radius 1 is 1.11 bits per heavy atom. The molecule has 98 valence electrons. The Morgan fingerprint density at radius 2 is 1.74 bits per heavy atom. The molecule has 0 aliphatic rings. The van der Waals surface area contributed by atoms with E-state index in [0.717, 1.165) is 12.1 Å². The molecule has 0 fully saturated rings. The fourth-order valence-electron chi connectivity index (χ4n) is 1.47. The topological polar surface area (TPSA) is 68.9 Å². The Labute approximate surface area is 106 Å². The molecule has 0 radical (unpaired) electrons. The summed E-state index contributed by atoms with van der Waals surface area (Å²) < 4.78 is 37.2. The third-order valence-corrected chi connectivity index (χ3v) is 2.38. The molecule has 0 bridgehead atoms. The lowest BCUT2D eigenvalue weighted by molar-refractivity contribution is -0.137. The van der Waals surface area contributed by atoms with Gasteiger partial charge in [-0.1, -0.05) is 12.1 Å². The van der Waals surface area contributed by atoms with Gasteiger partial charge in [0, 0.05) is 11.8 Å². The minimum absolute atomic E-state index is 0.183. The average molecular weight is 267 g/mol. The molecule has 2 rings (SSSR count). The molecule has 2 aromatic rings. The number of carbonyl (C=O) groups excluding carboxylic acids is 1. The van der Waals surface area contributed by atoms with Crippen LogP contribution >= 0.6 is 0 Å². The number of carbonyl (C=O) groups is 1. The largest absolute Gasteiger partial charge is 0.416 e. The Bertz CT molecular complexity index is 608. The summed E-state index contributed by atoms with van der Waals surface area (Å²) in [7, 11) is 0. The van der Waals surface area contributed by atoms with Crippen LogP contribution in [0, 0.1) is 0 Å². The molecule has 0 atom stereocenters. The quantitative estimate of drug-likeness (QED) is 0.907. The Hall–Kier alpha value is -2.44. The molecular formula is C12H8F3N3O. The van der Waals surface area contributed by atoms with Gasteiger partial charge >= 0.3 is 6.18 Å². The first-order valence-corrected chi connectivity index (χ1v) is 5.18. The molecular weight excluding hydrogens is 259 g/mol. The van der Waals surface area contributed by atoms with Crippen molar-refractivity contribution in [2.24, 2.45) is 5.73 Å². The van der Waals surface area contributed by atoms with Crippen LogP contribution < -0.4 is 5.73 Å². The number of hydrogen-bond acceptors (Lipinski definition) is 3. The molecule has 0 aliphatic heterocycles. The van der Waals surface area contributed by atoms with Crippen molar-refractivity contribution in [1.29, 1.82) is 0 Å². The minimum Gasteiger partial charge on any atom is -0.363 e. The molecule has 0 aliphatic carbocycles. The molecule has 1 heterocycles. The summed E-state index contributed by atoms with van der Waals surface area (Å²) in [5, 5.41) is 0. The Balaban J connectivity index is 2.37. The number of aromatic nitrogens is 2. The normalized spacial score (nSPS) is 11.3. The van der Waals surface area contributed by atoms with Crippen molar-refractivity contribution >= 4 is 5.91 Å². The second-order valence-electron chi connectivity index (χ2n) is 3.70. The number of amides is 1. The van der Waals surface area contributed by atoms with Crippen molar-refractivity contribution in [3.05, 3.63) is 47.9 Å². The summed E-state index contributed by atoms with van der Waals surface area (Å²) in [6.45, 7) is 0. The zero-order chi connectivity index (χ0) is 14.0. The fourth-order valence-corrected chi connectivity index (χ4v) is 1.47. The number of primary amides is 1. The second kappa shape index (κ2) is 4.68. The minimum atomic E-state index is -4.39. The molecule has 2 N–H and O–H groups in total. The first kappa shape index (κ1) is 13.0. The van der Waals surface area contributed by atoms with Crippen LogP contribution in [0.2, 0.25) is 0 Å². The number of nitrogens with zero attached hydrogens (tertiary/aromatic N) is 2. The lowest BCUT2D eigenvalue weighted by atomic mass is 10.1. The highest BCUT2D eigenvalue weighted by Crippen LogP contribution is 2.30. The fraction of sp³-hybridized carbons (Fsp3) is 0.0833. The summed E-state index contributed by atoms with van der Waals surface area (Å²) in [4.78, 5) is 18.4. The van der Waals surface area contributed by atoms with E-state index in [1.54, 1.807) is 0 Å².